The van der Waals surface area contributed by atoms with Crippen molar-refractivity contribution in [2.75, 3.05) is 7.11 Å². The van der Waals surface area contributed by atoms with Gasteiger partial charge in [0.05, 0.1) is 19.7 Å². The average Bonchev–Trinajstić information content (AvgIpc) is 3.00. The third-order valence-corrected chi connectivity index (χ3v) is 4.66. The van der Waals surface area contributed by atoms with Gasteiger partial charge >= 0.3 is 0 Å². The summed E-state index contributed by atoms with van der Waals surface area (Å²) in [5.41, 5.74) is 2.23. The number of nitrogens with zero attached hydrogens (tertiary/aromatic N) is 1. The Labute approximate surface area is 158 Å². The lowest BCUT2D eigenvalue weighted by Gasteiger charge is -2.17. The summed E-state index contributed by atoms with van der Waals surface area (Å²) < 4.78 is 5.34. The summed E-state index contributed by atoms with van der Waals surface area (Å²) in [6.45, 7) is 2.14. The van der Waals surface area contributed by atoms with Crippen LogP contribution in [0, 0.1) is 0 Å². The molecule has 1 N–H and O–H groups in total. The predicted molar refractivity (Wildman–Crippen MR) is 100 cm³/mol. The van der Waals surface area contributed by atoms with Crippen LogP contribution in [0.25, 0.3) is 0 Å². The molecule has 1 atom stereocenters. The van der Waals surface area contributed by atoms with Crippen molar-refractivity contribution in [3.8, 4) is 5.75 Å². The van der Waals surface area contributed by atoms with Gasteiger partial charge < -0.3 is 10.1 Å². The molecule has 1 aliphatic heterocycles. The maximum atomic E-state index is 12.5. The molecule has 0 bridgehead atoms. The Kier molecular flexibility index (Phi) is 5.54. The quantitative estimate of drug-likeness (QED) is 0.798. The first-order valence-corrected chi connectivity index (χ1v) is 8.85. The number of carbonyl (C=O) groups excluding carboxylic acids is 3. The second kappa shape index (κ2) is 8.03. The molecule has 0 radical (unpaired) electrons. The summed E-state index contributed by atoms with van der Waals surface area (Å²) in [6.07, 6.45) is 0.556. The van der Waals surface area contributed by atoms with Crippen LogP contribution in [0.1, 0.15) is 47.3 Å². The van der Waals surface area contributed by atoms with Crippen LogP contribution >= 0.6 is 0 Å². The van der Waals surface area contributed by atoms with Crippen molar-refractivity contribution < 1.29 is 19.1 Å². The lowest BCUT2D eigenvalue weighted by molar-refractivity contribution is -0.139. The number of nitrogens with one attached hydrogen (secondary N) is 1. The van der Waals surface area contributed by atoms with E-state index in [9.17, 15) is 14.4 Å². The highest BCUT2D eigenvalue weighted by molar-refractivity contribution is 6.01. The molecule has 6 nitrogen and oxygen atoms in total. The molecule has 1 saturated heterocycles. The number of carbonyl (C=O) groups is 3. The maximum absolute atomic E-state index is 12.5. The van der Waals surface area contributed by atoms with E-state index in [2.05, 4.69) is 5.32 Å². The zero-order valence-corrected chi connectivity index (χ0v) is 15.4. The van der Waals surface area contributed by atoms with Crippen molar-refractivity contribution in [1.82, 2.24) is 10.2 Å². The van der Waals surface area contributed by atoms with Crippen molar-refractivity contribution >= 4 is 17.7 Å². The Morgan fingerprint density at radius 2 is 1.70 bits per heavy atom. The van der Waals surface area contributed by atoms with E-state index >= 15 is 0 Å². The van der Waals surface area contributed by atoms with Crippen molar-refractivity contribution in [2.45, 2.75) is 32.4 Å². The van der Waals surface area contributed by atoms with Crippen molar-refractivity contribution in [3.63, 3.8) is 0 Å². The number of rotatable bonds is 6. The van der Waals surface area contributed by atoms with Crippen molar-refractivity contribution in [2.24, 2.45) is 0 Å². The van der Waals surface area contributed by atoms with E-state index in [-0.39, 0.29) is 43.1 Å². The number of methoxy groups -OCH3 is 1. The average molecular weight is 366 g/mol. The number of benzene rings is 2. The fourth-order valence-corrected chi connectivity index (χ4v) is 3.13. The number of ether oxygens (including phenoxy) is 1. The molecular weight excluding hydrogens is 344 g/mol. The van der Waals surface area contributed by atoms with E-state index in [0.717, 1.165) is 16.9 Å². The largest absolute Gasteiger partial charge is 0.496 e. The van der Waals surface area contributed by atoms with Gasteiger partial charge in [-0.3, -0.25) is 19.3 Å². The molecule has 3 amide bonds. The summed E-state index contributed by atoms with van der Waals surface area (Å²) in [5.74, 6) is 0.230. The topological polar surface area (TPSA) is 75.7 Å². The molecule has 1 heterocycles. The van der Waals surface area contributed by atoms with Gasteiger partial charge in [-0.05, 0) is 30.7 Å². The summed E-state index contributed by atoms with van der Waals surface area (Å²) in [6, 6.07) is 14.3. The standard InChI is InChI=1S/C21H22N2O4/c1-14(17-5-3-4-6-18(17)27-2)22-21(26)16-9-7-15(8-10-16)13-23-19(24)11-12-20(23)25/h3-10,14H,11-13H2,1-2H3,(H,22,26)/t14-/m0/s1. The number of para-hydroxylation sites is 1. The van der Waals surface area contributed by atoms with Crippen LogP contribution in [0.4, 0.5) is 0 Å². The first-order valence-electron chi connectivity index (χ1n) is 8.85. The monoisotopic (exact) mass is 366 g/mol. The molecule has 0 spiro atoms. The fraction of sp³-hybridized carbons (Fsp3) is 0.286. The van der Waals surface area contributed by atoms with E-state index in [1.54, 1.807) is 31.4 Å². The molecule has 140 valence electrons. The van der Waals surface area contributed by atoms with Gasteiger partial charge in [0.15, 0.2) is 0 Å². The minimum absolute atomic E-state index is 0.146. The second-order valence-electron chi connectivity index (χ2n) is 6.51. The van der Waals surface area contributed by atoms with Crippen LogP contribution in [0.15, 0.2) is 48.5 Å². The minimum Gasteiger partial charge on any atom is -0.496 e. The van der Waals surface area contributed by atoms with Crippen LogP contribution < -0.4 is 10.1 Å². The first-order chi connectivity index (χ1) is 13.0. The van der Waals surface area contributed by atoms with E-state index in [1.165, 1.54) is 4.90 Å². The van der Waals surface area contributed by atoms with Gasteiger partial charge in [-0.2, -0.15) is 0 Å². The molecule has 0 aliphatic carbocycles. The number of hydrogen-bond donors (Lipinski definition) is 1. The van der Waals surface area contributed by atoms with Gasteiger partial charge in [0.2, 0.25) is 11.8 Å². The number of amides is 3. The minimum atomic E-state index is -0.215. The second-order valence-corrected chi connectivity index (χ2v) is 6.51. The van der Waals surface area contributed by atoms with Crippen LogP contribution in [0.3, 0.4) is 0 Å². The molecule has 27 heavy (non-hydrogen) atoms. The first kappa shape index (κ1) is 18.6. The third kappa shape index (κ3) is 4.16. The molecule has 0 saturated carbocycles. The molecule has 0 aromatic heterocycles. The van der Waals surface area contributed by atoms with Crippen molar-refractivity contribution in [3.05, 3.63) is 65.2 Å². The number of imide groups is 1. The van der Waals surface area contributed by atoms with Gasteiger partial charge in [-0.15, -0.1) is 0 Å². The summed E-state index contributed by atoms with van der Waals surface area (Å²) >= 11 is 0. The molecule has 1 aliphatic rings. The Morgan fingerprint density at radius 3 is 2.33 bits per heavy atom. The summed E-state index contributed by atoms with van der Waals surface area (Å²) in [4.78, 5) is 37.2. The Bertz CT molecular complexity index is 845. The lowest BCUT2D eigenvalue weighted by atomic mass is 10.1. The molecule has 0 unspecified atom stereocenters. The highest BCUT2D eigenvalue weighted by Gasteiger charge is 2.28. The molecule has 2 aromatic carbocycles. The highest BCUT2D eigenvalue weighted by atomic mass is 16.5. The SMILES string of the molecule is COc1ccccc1[C@H](C)NC(=O)c1ccc(CN2C(=O)CCC2=O)cc1. The Morgan fingerprint density at radius 1 is 1.07 bits per heavy atom. The van der Waals surface area contributed by atoms with Gasteiger partial charge in [0.1, 0.15) is 5.75 Å². The summed E-state index contributed by atoms with van der Waals surface area (Å²) in [5, 5.41) is 2.96. The van der Waals surface area contributed by atoms with Crippen LogP contribution in [-0.2, 0) is 16.1 Å². The van der Waals surface area contributed by atoms with Crippen LogP contribution in [0.5, 0.6) is 5.75 Å². The molecule has 3 rings (SSSR count). The van der Waals surface area contributed by atoms with E-state index in [4.69, 9.17) is 4.74 Å². The summed E-state index contributed by atoms with van der Waals surface area (Å²) in [7, 11) is 1.60. The molecule has 2 aromatic rings. The van der Waals surface area contributed by atoms with Gasteiger partial charge in [0.25, 0.3) is 5.91 Å². The molecule has 6 heteroatoms. The van der Waals surface area contributed by atoms with Crippen LogP contribution in [-0.4, -0.2) is 29.7 Å². The Hall–Kier alpha value is -3.15. The Balaban J connectivity index is 1.65. The van der Waals surface area contributed by atoms with Gasteiger partial charge in [-0.25, -0.2) is 0 Å². The zero-order valence-electron chi connectivity index (χ0n) is 15.4. The van der Waals surface area contributed by atoms with Gasteiger partial charge in [0, 0.05) is 24.0 Å². The number of hydrogen-bond acceptors (Lipinski definition) is 4. The molecule has 1 fully saturated rings. The normalized spacial score (nSPS) is 15.0. The van der Waals surface area contributed by atoms with Crippen LogP contribution in [0.2, 0.25) is 0 Å². The fourth-order valence-electron chi connectivity index (χ4n) is 3.13. The van der Waals surface area contributed by atoms with E-state index in [0.29, 0.717) is 5.56 Å². The smallest absolute Gasteiger partial charge is 0.251 e. The van der Waals surface area contributed by atoms with Gasteiger partial charge in [-0.1, -0.05) is 30.3 Å². The predicted octanol–water partition coefficient (Wildman–Crippen LogP) is 2.84. The van der Waals surface area contributed by atoms with E-state index < -0.39 is 0 Å². The molecular formula is C21H22N2O4. The lowest BCUT2D eigenvalue weighted by Crippen LogP contribution is -2.28. The van der Waals surface area contributed by atoms with E-state index in [1.807, 2.05) is 31.2 Å². The number of likely N-dealkylation sites (tertiary alicyclic amines) is 1. The highest BCUT2D eigenvalue weighted by Crippen LogP contribution is 2.24. The van der Waals surface area contributed by atoms with Crippen molar-refractivity contribution in [1.29, 1.82) is 0 Å². The third-order valence-electron chi connectivity index (χ3n) is 4.66. The zero-order chi connectivity index (χ0) is 19.4. The maximum Gasteiger partial charge on any atom is 0.251 e.